The summed E-state index contributed by atoms with van der Waals surface area (Å²) < 4.78 is 5.11. The van der Waals surface area contributed by atoms with Crippen molar-refractivity contribution in [1.29, 1.82) is 0 Å². The van der Waals surface area contributed by atoms with Crippen molar-refractivity contribution in [2.75, 3.05) is 13.7 Å². The molecule has 132 valence electrons. The van der Waals surface area contributed by atoms with Crippen LogP contribution in [0.3, 0.4) is 0 Å². The molecule has 0 bridgehead atoms. The molecular formula is C19H21NO4S. The highest BCUT2D eigenvalue weighted by Crippen LogP contribution is 2.27. The van der Waals surface area contributed by atoms with Gasteiger partial charge in [0, 0.05) is 11.4 Å². The molecule has 2 aromatic rings. The van der Waals surface area contributed by atoms with E-state index in [1.165, 1.54) is 11.8 Å². The minimum Gasteiger partial charge on any atom is -0.497 e. The van der Waals surface area contributed by atoms with E-state index in [2.05, 4.69) is 5.32 Å². The molecule has 1 atom stereocenters. The van der Waals surface area contributed by atoms with E-state index in [1.54, 1.807) is 38.3 Å². The number of ether oxygens (including phenoxy) is 1. The summed E-state index contributed by atoms with van der Waals surface area (Å²) in [6, 6.07) is 14.4. The quantitative estimate of drug-likeness (QED) is 0.708. The Morgan fingerprint density at radius 2 is 1.84 bits per heavy atom. The van der Waals surface area contributed by atoms with Gasteiger partial charge in [0.15, 0.2) is 0 Å². The third kappa shape index (κ3) is 5.53. The van der Waals surface area contributed by atoms with E-state index in [9.17, 15) is 14.7 Å². The number of carbonyl (C=O) groups excluding carboxylic acids is 1. The Morgan fingerprint density at radius 1 is 1.16 bits per heavy atom. The van der Waals surface area contributed by atoms with Gasteiger partial charge in [0.25, 0.3) is 0 Å². The van der Waals surface area contributed by atoms with E-state index in [0.29, 0.717) is 11.4 Å². The average Bonchev–Trinajstić information content (AvgIpc) is 2.62. The first-order chi connectivity index (χ1) is 12.0. The average molecular weight is 359 g/mol. The van der Waals surface area contributed by atoms with Crippen molar-refractivity contribution < 1.29 is 19.4 Å². The second-order valence-electron chi connectivity index (χ2n) is 5.45. The Morgan fingerprint density at radius 3 is 2.48 bits per heavy atom. The molecule has 0 spiro atoms. The first-order valence-electron chi connectivity index (χ1n) is 7.91. The third-order valence-electron chi connectivity index (χ3n) is 3.66. The van der Waals surface area contributed by atoms with Crippen molar-refractivity contribution in [3.8, 4) is 5.75 Å². The maximum absolute atomic E-state index is 12.2. The van der Waals surface area contributed by atoms with Crippen LogP contribution in [-0.4, -0.2) is 35.9 Å². The Labute approximate surface area is 151 Å². The minimum atomic E-state index is -0.991. The van der Waals surface area contributed by atoms with Crippen LogP contribution in [-0.2, 0) is 11.2 Å². The van der Waals surface area contributed by atoms with Gasteiger partial charge in [0.1, 0.15) is 5.75 Å². The van der Waals surface area contributed by atoms with Gasteiger partial charge in [-0.1, -0.05) is 24.3 Å². The van der Waals surface area contributed by atoms with E-state index in [-0.39, 0.29) is 16.7 Å². The largest absolute Gasteiger partial charge is 0.497 e. The summed E-state index contributed by atoms with van der Waals surface area (Å²) in [7, 11) is 1.62. The number of amides is 1. The van der Waals surface area contributed by atoms with Gasteiger partial charge in [-0.25, -0.2) is 4.79 Å². The molecule has 0 unspecified atom stereocenters. The highest BCUT2D eigenvalue weighted by molar-refractivity contribution is 8.00. The van der Waals surface area contributed by atoms with E-state index < -0.39 is 5.97 Å². The lowest BCUT2D eigenvalue weighted by Gasteiger charge is -2.13. The fourth-order valence-corrected chi connectivity index (χ4v) is 3.27. The van der Waals surface area contributed by atoms with Crippen LogP contribution in [0.5, 0.6) is 5.75 Å². The standard InChI is InChI=1S/C19H21NO4S/c1-13(25-17-6-4-3-5-16(17)19(22)23)18(21)20-12-11-14-7-9-15(24-2)10-8-14/h3-10,13H,11-12H2,1-2H3,(H,20,21)(H,22,23)/t13-/m0/s1. The van der Waals surface area contributed by atoms with E-state index in [0.717, 1.165) is 17.7 Å². The number of carboxylic acids is 1. The Kier molecular flexibility index (Phi) is 6.89. The molecule has 0 heterocycles. The minimum absolute atomic E-state index is 0.112. The highest BCUT2D eigenvalue weighted by Gasteiger charge is 2.17. The predicted octanol–water partition coefficient (Wildman–Crippen LogP) is 3.23. The number of hydrogen-bond donors (Lipinski definition) is 2. The summed E-state index contributed by atoms with van der Waals surface area (Å²) in [4.78, 5) is 24.0. The lowest BCUT2D eigenvalue weighted by atomic mass is 10.1. The van der Waals surface area contributed by atoms with E-state index in [4.69, 9.17) is 4.74 Å². The first-order valence-corrected chi connectivity index (χ1v) is 8.79. The Bertz CT molecular complexity index is 730. The molecule has 5 nitrogen and oxygen atoms in total. The SMILES string of the molecule is COc1ccc(CCNC(=O)[C@H](C)Sc2ccccc2C(=O)O)cc1. The number of methoxy groups -OCH3 is 1. The molecule has 1 amide bonds. The van der Waals surface area contributed by atoms with Crippen molar-refractivity contribution in [1.82, 2.24) is 5.32 Å². The summed E-state index contributed by atoms with van der Waals surface area (Å²) in [5.74, 6) is -0.302. The molecule has 0 saturated carbocycles. The number of nitrogens with one attached hydrogen (secondary N) is 1. The fraction of sp³-hybridized carbons (Fsp3) is 0.263. The van der Waals surface area contributed by atoms with Crippen LogP contribution >= 0.6 is 11.8 Å². The highest BCUT2D eigenvalue weighted by atomic mass is 32.2. The van der Waals surface area contributed by atoms with Crippen LogP contribution in [0.15, 0.2) is 53.4 Å². The van der Waals surface area contributed by atoms with Crippen LogP contribution in [0.1, 0.15) is 22.8 Å². The maximum atomic E-state index is 12.2. The molecule has 2 rings (SSSR count). The summed E-state index contributed by atoms with van der Waals surface area (Å²) in [6.45, 7) is 2.29. The number of carbonyl (C=O) groups is 2. The molecule has 0 aliphatic carbocycles. The van der Waals surface area contributed by atoms with Gasteiger partial charge in [-0.2, -0.15) is 0 Å². The van der Waals surface area contributed by atoms with Crippen LogP contribution in [0, 0.1) is 0 Å². The Hall–Kier alpha value is -2.47. The van der Waals surface area contributed by atoms with E-state index in [1.807, 2.05) is 24.3 Å². The summed E-state index contributed by atoms with van der Waals surface area (Å²) >= 11 is 1.25. The second-order valence-corrected chi connectivity index (χ2v) is 6.83. The zero-order chi connectivity index (χ0) is 18.2. The summed E-state index contributed by atoms with van der Waals surface area (Å²) in [6.07, 6.45) is 0.721. The van der Waals surface area contributed by atoms with Gasteiger partial charge in [-0.3, -0.25) is 4.79 Å². The fourth-order valence-electron chi connectivity index (χ4n) is 2.26. The number of thioether (sulfide) groups is 1. The monoisotopic (exact) mass is 359 g/mol. The predicted molar refractivity (Wildman–Crippen MR) is 98.4 cm³/mol. The van der Waals surface area contributed by atoms with Gasteiger partial charge >= 0.3 is 5.97 Å². The molecule has 0 radical (unpaired) electrons. The Balaban J connectivity index is 1.85. The second kappa shape index (κ2) is 9.13. The van der Waals surface area contributed by atoms with Gasteiger partial charge in [-0.05, 0) is 43.2 Å². The van der Waals surface area contributed by atoms with Crippen LogP contribution < -0.4 is 10.1 Å². The van der Waals surface area contributed by atoms with Gasteiger partial charge in [0.2, 0.25) is 5.91 Å². The van der Waals surface area contributed by atoms with Crippen LogP contribution in [0.25, 0.3) is 0 Å². The normalized spacial score (nSPS) is 11.6. The zero-order valence-corrected chi connectivity index (χ0v) is 15.0. The first kappa shape index (κ1) is 18.9. The lowest BCUT2D eigenvalue weighted by Crippen LogP contribution is -2.32. The van der Waals surface area contributed by atoms with E-state index >= 15 is 0 Å². The van der Waals surface area contributed by atoms with Crippen molar-refractivity contribution >= 4 is 23.6 Å². The van der Waals surface area contributed by atoms with Crippen LogP contribution in [0.4, 0.5) is 0 Å². The van der Waals surface area contributed by atoms with Gasteiger partial charge < -0.3 is 15.2 Å². The lowest BCUT2D eigenvalue weighted by molar-refractivity contribution is -0.120. The molecule has 0 saturated heterocycles. The van der Waals surface area contributed by atoms with Crippen molar-refractivity contribution in [3.05, 3.63) is 59.7 Å². The molecule has 2 aromatic carbocycles. The topological polar surface area (TPSA) is 75.6 Å². The van der Waals surface area contributed by atoms with Gasteiger partial charge in [0.05, 0.1) is 17.9 Å². The maximum Gasteiger partial charge on any atom is 0.336 e. The molecule has 0 fully saturated rings. The number of hydrogen-bond acceptors (Lipinski definition) is 4. The number of aromatic carboxylic acids is 1. The number of carboxylic acid groups (broad SMARTS) is 1. The molecule has 25 heavy (non-hydrogen) atoms. The molecule has 0 aromatic heterocycles. The molecular weight excluding hydrogens is 338 g/mol. The van der Waals surface area contributed by atoms with Crippen molar-refractivity contribution in [2.45, 2.75) is 23.5 Å². The number of rotatable bonds is 8. The number of benzene rings is 2. The molecule has 0 aliphatic heterocycles. The summed E-state index contributed by atoms with van der Waals surface area (Å²) in [5, 5.41) is 11.7. The molecule has 2 N–H and O–H groups in total. The molecule has 6 heteroatoms. The van der Waals surface area contributed by atoms with Crippen LogP contribution in [0.2, 0.25) is 0 Å². The van der Waals surface area contributed by atoms with Crippen molar-refractivity contribution in [2.24, 2.45) is 0 Å². The zero-order valence-electron chi connectivity index (χ0n) is 14.2. The smallest absolute Gasteiger partial charge is 0.336 e. The van der Waals surface area contributed by atoms with Crippen molar-refractivity contribution in [3.63, 3.8) is 0 Å². The molecule has 0 aliphatic rings. The van der Waals surface area contributed by atoms with Gasteiger partial charge in [-0.15, -0.1) is 11.8 Å². The summed E-state index contributed by atoms with van der Waals surface area (Å²) in [5.41, 5.74) is 1.32. The third-order valence-corrected chi connectivity index (χ3v) is 4.84.